The number of H-pyrrole nitrogens is 1. The number of aromatic amines is 1. The molecule has 0 bridgehead atoms. The van der Waals surface area contributed by atoms with Gasteiger partial charge >= 0.3 is 0 Å². The second-order valence-electron chi connectivity index (χ2n) is 6.46. The van der Waals surface area contributed by atoms with Crippen molar-refractivity contribution in [1.82, 2.24) is 15.2 Å². The zero-order chi connectivity index (χ0) is 17.4. The van der Waals surface area contributed by atoms with Gasteiger partial charge in [-0.25, -0.2) is 0 Å². The van der Waals surface area contributed by atoms with Gasteiger partial charge in [0.25, 0.3) is 11.8 Å². The summed E-state index contributed by atoms with van der Waals surface area (Å²) in [5.41, 5.74) is 2.70. The number of furan rings is 1. The lowest BCUT2D eigenvalue weighted by Gasteiger charge is -2.16. The number of hydrogen-bond acceptors (Lipinski definition) is 3. The van der Waals surface area contributed by atoms with Crippen molar-refractivity contribution < 1.29 is 14.0 Å². The summed E-state index contributed by atoms with van der Waals surface area (Å²) in [6.45, 7) is 3.15. The van der Waals surface area contributed by atoms with Crippen LogP contribution < -0.4 is 5.32 Å². The predicted molar refractivity (Wildman–Crippen MR) is 93.5 cm³/mol. The minimum Gasteiger partial charge on any atom is -0.459 e. The van der Waals surface area contributed by atoms with E-state index < -0.39 is 0 Å². The van der Waals surface area contributed by atoms with E-state index in [0.717, 1.165) is 22.9 Å². The maximum Gasteiger partial charge on any atom is 0.287 e. The summed E-state index contributed by atoms with van der Waals surface area (Å²) in [6, 6.07) is 11.2. The van der Waals surface area contributed by atoms with Gasteiger partial charge in [-0.15, -0.1) is 0 Å². The summed E-state index contributed by atoms with van der Waals surface area (Å²) >= 11 is 0. The summed E-state index contributed by atoms with van der Waals surface area (Å²) in [7, 11) is 0. The van der Waals surface area contributed by atoms with Gasteiger partial charge in [-0.05, 0) is 43.7 Å². The average Bonchev–Trinajstić information content (AvgIpc) is 3.33. The molecular formula is C19H19N3O3. The van der Waals surface area contributed by atoms with Crippen molar-refractivity contribution in [3.05, 3.63) is 59.7 Å². The number of benzene rings is 1. The molecule has 0 aliphatic carbocycles. The van der Waals surface area contributed by atoms with E-state index in [0.29, 0.717) is 18.8 Å². The van der Waals surface area contributed by atoms with E-state index >= 15 is 0 Å². The topological polar surface area (TPSA) is 78.3 Å². The van der Waals surface area contributed by atoms with Crippen LogP contribution in [0.2, 0.25) is 0 Å². The van der Waals surface area contributed by atoms with Crippen LogP contribution in [0.3, 0.4) is 0 Å². The van der Waals surface area contributed by atoms with Crippen LogP contribution in [0.15, 0.2) is 47.1 Å². The van der Waals surface area contributed by atoms with E-state index in [-0.39, 0.29) is 23.6 Å². The Balaban J connectivity index is 1.43. The molecule has 1 saturated heterocycles. The van der Waals surface area contributed by atoms with E-state index in [1.807, 2.05) is 25.1 Å². The molecule has 1 aliphatic heterocycles. The van der Waals surface area contributed by atoms with Crippen LogP contribution in [0.1, 0.15) is 33.0 Å². The van der Waals surface area contributed by atoms with Crippen LogP contribution in [0.5, 0.6) is 0 Å². The lowest BCUT2D eigenvalue weighted by Crippen LogP contribution is -2.38. The Morgan fingerprint density at radius 3 is 2.96 bits per heavy atom. The number of nitrogens with one attached hydrogen (secondary N) is 2. The Hall–Kier alpha value is -3.02. The van der Waals surface area contributed by atoms with Crippen molar-refractivity contribution in [2.24, 2.45) is 0 Å². The van der Waals surface area contributed by atoms with Crippen molar-refractivity contribution >= 4 is 22.7 Å². The Morgan fingerprint density at radius 2 is 2.16 bits per heavy atom. The molecule has 6 nitrogen and oxygen atoms in total. The number of hydrogen-bond donors (Lipinski definition) is 2. The first kappa shape index (κ1) is 15.5. The number of aryl methyl sites for hydroxylation is 1. The number of amides is 2. The van der Waals surface area contributed by atoms with Gasteiger partial charge in [-0.1, -0.05) is 11.6 Å². The van der Waals surface area contributed by atoms with Gasteiger partial charge < -0.3 is 19.6 Å². The molecule has 3 heterocycles. The Labute approximate surface area is 144 Å². The van der Waals surface area contributed by atoms with Gasteiger partial charge in [0.1, 0.15) is 5.69 Å². The maximum atomic E-state index is 12.7. The van der Waals surface area contributed by atoms with Crippen LogP contribution in [0.25, 0.3) is 10.9 Å². The largest absolute Gasteiger partial charge is 0.459 e. The SMILES string of the molecule is Cc1ccc2[nH]c(C(=O)N3CC[C@H](NC(=O)c4ccco4)C3)cc2c1. The van der Waals surface area contributed by atoms with Crippen molar-refractivity contribution in [2.45, 2.75) is 19.4 Å². The third kappa shape index (κ3) is 3.03. The molecule has 0 unspecified atom stereocenters. The van der Waals surface area contributed by atoms with E-state index in [9.17, 15) is 9.59 Å². The molecule has 6 heteroatoms. The molecule has 1 fully saturated rings. The monoisotopic (exact) mass is 337 g/mol. The number of fused-ring (bicyclic) bond motifs is 1. The van der Waals surface area contributed by atoms with Crippen LogP contribution in [0, 0.1) is 6.92 Å². The van der Waals surface area contributed by atoms with Crippen molar-refractivity contribution in [3.8, 4) is 0 Å². The highest BCUT2D eigenvalue weighted by molar-refractivity contribution is 5.98. The third-order valence-electron chi connectivity index (χ3n) is 4.56. The average molecular weight is 337 g/mol. The first-order chi connectivity index (χ1) is 12.1. The molecule has 0 saturated carbocycles. The number of nitrogens with zero attached hydrogens (tertiary/aromatic N) is 1. The molecule has 25 heavy (non-hydrogen) atoms. The zero-order valence-corrected chi connectivity index (χ0v) is 13.9. The predicted octanol–water partition coefficient (Wildman–Crippen LogP) is 2.71. The van der Waals surface area contributed by atoms with Crippen LogP contribution in [-0.4, -0.2) is 40.8 Å². The fourth-order valence-electron chi connectivity index (χ4n) is 3.26. The van der Waals surface area contributed by atoms with Gasteiger partial charge in [-0.3, -0.25) is 9.59 Å². The summed E-state index contributed by atoms with van der Waals surface area (Å²) in [5, 5.41) is 3.95. The number of aromatic nitrogens is 1. The Kier molecular flexibility index (Phi) is 3.80. The van der Waals surface area contributed by atoms with Crippen molar-refractivity contribution in [3.63, 3.8) is 0 Å². The Morgan fingerprint density at radius 1 is 1.28 bits per heavy atom. The molecule has 4 rings (SSSR count). The Bertz CT molecular complexity index is 927. The summed E-state index contributed by atoms with van der Waals surface area (Å²) in [4.78, 5) is 29.7. The van der Waals surface area contributed by atoms with E-state index in [1.54, 1.807) is 17.0 Å². The summed E-state index contributed by atoms with van der Waals surface area (Å²) in [6.07, 6.45) is 2.20. The standard InChI is InChI=1S/C19H19N3O3/c1-12-4-5-15-13(9-12)10-16(21-15)19(24)22-7-6-14(11-22)20-18(23)17-3-2-8-25-17/h2-5,8-10,14,21H,6-7,11H2,1H3,(H,20,23)/t14-/m0/s1. The van der Waals surface area contributed by atoms with Gasteiger partial charge in [0.05, 0.1) is 6.26 Å². The van der Waals surface area contributed by atoms with E-state index in [4.69, 9.17) is 4.42 Å². The highest BCUT2D eigenvalue weighted by Gasteiger charge is 2.29. The van der Waals surface area contributed by atoms with Crippen LogP contribution in [-0.2, 0) is 0 Å². The van der Waals surface area contributed by atoms with E-state index in [1.165, 1.54) is 6.26 Å². The van der Waals surface area contributed by atoms with Gasteiger partial charge in [0.2, 0.25) is 0 Å². The first-order valence-electron chi connectivity index (χ1n) is 8.33. The molecule has 2 aromatic heterocycles. The van der Waals surface area contributed by atoms with E-state index in [2.05, 4.69) is 16.4 Å². The molecule has 128 valence electrons. The highest BCUT2D eigenvalue weighted by atomic mass is 16.3. The summed E-state index contributed by atoms with van der Waals surface area (Å²) in [5.74, 6) is 0.00440. The molecule has 1 atom stereocenters. The fourth-order valence-corrected chi connectivity index (χ4v) is 3.26. The quantitative estimate of drug-likeness (QED) is 0.771. The number of rotatable bonds is 3. The summed E-state index contributed by atoms with van der Waals surface area (Å²) < 4.78 is 5.09. The molecule has 1 aliphatic rings. The normalized spacial score (nSPS) is 17.2. The van der Waals surface area contributed by atoms with Gasteiger partial charge in [0.15, 0.2) is 5.76 Å². The smallest absolute Gasteiger partial charge is 0.287 e. The van der Waals surface area contributed by atoms with Gasteiger partial charge in [-0.2, -0.15) is 0 Å². The van der Waals surface area contributed by atoms with Crippen LogP contribution >= 0.6 is 0 Å². The molecule has 1 aromatic carbocycles. The second kappa shape index (κ2) is 6.12. The number of likely N-dealkylation sites (tertiary alicyclic amines) is 1. The minimum absolute atomic E-state index is 0.0383. The van der Waals surface area contributed by atoms with Crippen molar-refractivity contribution in [2.75, 3.05) is 13.1 Å². The second-order valence-corrected chi connectivity index (χ2v) is 6.46. The lowest BCUT2D eigenvalue weighted by atomic mass is 10.2. The molecule has 0 spiro atoms. The van der Waals surface area contributed by atoms with Crippen LogP contribution in [0.4, 0.5) is 0 Å². The molecule has 2 amide bonds. The molecule has 3 aromatic rings. The van der Waals surface area contributed by atoms with Gasteiger partial charge in [0, 0.05) is 30.0 Å². The molecule has 2 N–H and O–H groups in total. The number of carbonyl (C=O) groups excluding carboxylic acids is 2. The highest BCUT2D eigenvalue weighted by Crippen LogP contribution is 2.20. The zero-order valence-electron chi connectivity index (χ0n) is 13.9. The van der Waals surface area contributed by atoms with Crippen molar-refractivity contribution in [1.29, 1.82) is 0 Å². The fraction of sp³-hybridized carbons (Fsp3) is 0.263. The molecule has 0 radical (unpaired) electrons. The lowest BCUT2D eigenvalue weighted by molar-refractivity contribution is 0.0777. The molecular weight excluding hydrogens is 318 g/mol. The third-order valence-corrected chi connectivity index (χ3v) is 4.56. The first-order valence-corrected chi connectivity index (χ1v) is 8.33. The minimum atomic E-state index is -0.245. The number of carbonyl (C=O) groups is 2. The maximum absolute atomic E-state index is 12.7.